The molecule has 0 aromatic rings. The Morgan fingerprint density at radius 3 is 1.12 bits per heavy atom. The van der Waals surface area contributed by atoms with E-state index in [1.54, 1.807) is 0 Å². The van der Waals surface area contributed by atoms with Gasteiger partial charge in [-0.15, -0.1) is 0 Å². The van der Waals surface area contributed by atoms with Crippen LogP contribution in [0.5, 0.6) is 0 Å². The van der Waals surface area contributed by atoms with Gasteiger partial charge in [-0.1, -0.05) is 220 Å². The van der Waals surface area contributed by atoms with Crippen molar-refractivity contribution in [3.63, 3.8) is 0 Å². The Hall–Kier alpha value is -0.650. The zero-order chi connectivity index (χ0) is 35.3. The summed E-state index contributed by atoms with van der Waals surface area (Å²) in [6, 6.07) is -0.803. The fraction of sp³-hybridized carbons (Fsp3) is 0.977. The van der Waals surface area contributed by atoms with E-state index >= 15 is 0 Å². The molecule has 3 atom stereocenters. The van der Waals surface area contributed by atoms with Crippen molar-refractivity contribution in [1.29, 1.82) is 0 Å². The normalized spacial score (nSPS) is 13.6. The Kier molecular flexibility index (Phi) is 37.1. The lowest BCUT2D eigenvalue weighted by molar-refractivity contribution is -0.124. The molecule has 0 aromatic heterocycles. The number of carbonyl (C=O) groups is 1. The van der Waals surface area contributed by atoms with Gasteiger partial charge in [-0.05, 0) is 18.8 Å². The molecule has 48 heavy (non-hydrogen) atoms. The van der Waals surface area contributed by atoms with Crippen LogP contribution in [0.2, 0.25) is 0 Å². The van der Waals surface area contributed by atoms with Crippen LogP contribution in [0.3, 0.4) is 0 Å². The van der Waals surface area contributed by atoms with Gasteiger partial charge in [0.15, 0.2) is 0 Å². The van der Waals surface area contributed by atoms with Crippen molar-refractivity contribution in [2.45, 2.75) is 257 Å². The van der Waals surface area contributed by atoms with E-state index in [2.05, 4.69) is 26.1 Å². The lowest BCUT2D eigenvalue weighted by atomic mass is 9.99. The third-order valence-electron chi connectivity index (χ3n) is 10.4. The molecule has 0 saturated carbocycles. The molecule has 0 aliphatic heterocycles. The molecule has 0 spiro atoms. The predicted molar refractivity (Wildman–Crippen MR) is 209 cm³/mol. The van der Waals surface area contributed by atoms with E-state index in [4.69, 9.17) is 0 Å². The quantitative estimate of drug-likeness (QED) is 0.0486. The molecule has 0 saturated heterocycles. The van der Waals surface area contributed by atoms with Crippen molar-refractivity contribution in [2.24, 2.45) is 5.92 Å². The second kappa shape index (κ2) is 37.6. The lowest BCUT2D eigenvalue weighted by Gasteiger charge is -2.26. The van der Waals surface area contributed by atoms with Crippen LogP contribution in [0.4, 0.5) is 0 Å². The average molecular weight is 682 g/mol. The number of amides is 1. The van der Waals surface area contributed by atoms with Crippen LogP contribution in [0.25, 0.3) is 0 Å². The van der Waals surface area contributed by atoms with Crippen molar-refractivity contribution < 1.29 is 20.1 Å². The van der Waals surface area contributed by atoms with Crippen molar-refractivity contribution in [2.75, 3.05) is 6.61 Å². The third-order valence-corrected chi connectivity index (χ3v) is 10.4. The van der Waals surface area contributed by atoms with E-state index in [1.165, 1.54) is 167 Å². The maximum absolute atomic E-state index is 12.4. The summed E-state index contributed by atoms with van der Waals surface area (Å²) in [5.74, 6) is 0.692. The first-order valence-corrected chi connectivity index (χ1v) is 21.7. The minimum absolute atomic E-state index is 0.140. The lowest BCUT2D eigenvalue weighted by Crippen LogP contribution is -2.50. The summed E-state index contributed by atoms with van der Waals surface area (Å²) in [4.78, 5) is 12.4. The highest BCUT2D eigenvalue weighted by Crippen LogP contribution is 2.17. The van der Waals surface area contributed by atoms with Crippen LogP contribution in [-0.4, -0.2) is 46.1 Å². The minimum Gasteiger partial charge on any atom is -0.394 e. The van der Waals surface area contributed by atoms with Gasteiger partial charge in [-0.3, -0.25) is 4.79 Å². The zero-order valence-electron chi connectivity index (χ0n) is 32.8. The molecule has 288 valence electrons. The Morgan fingerprint density at radius 2 is 0.792 bits per heavy atom. The molecule has 0 bridgehead atoms. The Bertz CT molecular complexity index is 642. The number of unbranched alkanes of at least 4 members (excludes halogenated alkanes) is 29. The van der Waals surface area contributed by atoms with Gasteiger partial charge in [0.05, 0.1) is 18.8 Å². The monoisotopic (exact) mass is 682 g/mol. The molecule has 0 rings (SSSR count). The summed E-state index contributed by atoms with van der Waals surface area (Å²) in [5.41, 5.74) is 0. The van der Waals surface area contributed by atoms with Crippen molar-refractivity contribution >= 4 is 5.91 Å². The molecular formula is C43H87NO4. The summed E-state index contributed by atoms with van der Waals surface area (Å²) < 4.78 is 0. The maximum Gasteiger partial charge on any atom is 0.220 e. The van der Waals surface area contributed by atoms with Gasteiger partial charge >= 0.3 is 0 Å². The first-order valence-electron chi connectivity index (χ1n) is 21.7. The number of nitrogens with one attached hydrogen (secondary N) is 1. The van der Waals surface area contributed by atoms with E-state index in [9.17, 15) is 20.1 Å². The van der Waals surface area contributed by atoms with Crippen LogP contribution in [-0.2, 0) is 4.79 Å². The van der Waals surface area contributed by atoms with Gasteiger partial charge in [-0.25, -0.2) is 0 Å². The number of aliphatic hydroxyl groups excluding tert-OH is 3. The predicted octanol–water partition coefficient (Wildman–Crippen LogP) is 12.1. The topological polar surface area (TPSA) is 89.8 Å². The first kappa shape index (κ1) is 47.4. The molecule has 0 aromatic carbocycles. The van der Waals surface area contributed by atoms with Crippen LogP contribution in [0.15, 0.2) is 0 Å². The van der Waals surface area contributed by atoms with E-state index in [-0.39, 0.29) is 12.5 Å². The number of rotatable bonds is 39. The molecule has 0 aliphatic carbocycles. The van der Waals surface area contributed by atoms with Crippen LogP contribution >= 0.6 is 0 Å². The minimum atomic E-state index is -1.13. The number of carbonyl (C=O) groups excluding carboxylic acids is 1. The van der Waals surface area contributed by atoms with Gasteiger partial charge in [-0.2, -0.15) is 0 Å². The molecule has 0 heterocycles. The summed E-state index contributed by atoms with van der Waals surface area (Å²) in [6.45, 7) is 6.53. The molecule has 5 heteroatoms. The van der Waals surface area contributed by atoms with Crippen molar-refractivity contribution in [1.82, 2.24) is 5.32 Å². The summed E-state index contributed by atoms with van der Waals surface area (Å²) in [6.07, 6.45) is 40.7. The van der Waals surface area contributed by atoms with Crippen LogP contribution < -0.4 is 5.32 Å². The third kappa shape index (κ3) is 33.8. The summed E-state index contributed by atoms with van der Waals surface area (Å²) in [7, 11) is 0. The van der Waals surface area contributed by atoms with E-state index in [0.717, 1.165) is 44.4 Å². The smallest absolute Gasteiger partial charge is 0.220 e. The maximum atomic E-state index is 12.4. The van der Waals surface area contributed by atoms with Crippen LogP contribution in [0, 0.1) is 5.92 Å². The Balaban J connectivity index is 3.58. The molecule has 0 aliphatic rings. The van der Waals surface area contributed by atoms with Crippen molar-refractivity contribution in [3.05, 3.63) is 0 Å². The molecule has 5 nitrogen and oxygen atoms in total. The van der Waals surface area contributed by atoms with Gasteiger partial charge < -0.3 is 20.6 Å². The van der Waals surface area contributed by atoms with Crippen molar-refractivity contribution in [3.8, 4) is 0 Å². The molecule has 0 radical (unpaired) electrons. The fourth-order valence-corrected chi connectivity index (χ4v) is 6.99. The molecule has 0 fully saturated rings. The summed E-state index contributed by atoms with van der Waals surface area (Å²) in [5, 5.41) is 33.5. The van der Waals surface area contributed by atoms with E-state index in [0.29, 0.717) is 12.8 Å². The highest BCUT2D eigenvalue weighted by Gasteiger charge is 2.26. The molecular weight excluding hydrogens is 594 g/mol. The number of hydrogen-bond acceptors (Lipinski definition) is 4. The van der Waals surface area contributed by atoms with Gasteiger partial charge in [0.1, 0.15) is 6.10 Å². The van der Waals surface area contributed by atoms with E-state index in [1.807, 2.05) is 0 Å². The Labute approximate surface area is 300 Å². The van der Waals surface area contributed by atoms with Gasteiger partial charge in [0, 0.05) is 6.42 Å². The molecule has 1 amide bonds. The SMILES string of the molecule is CCCCCCCCCCCCCCCCCCCCCCC(=O)N[C@@H](CO)[C@H](O)[C@H](O)CCCCCCCCCCCCCC(C)C. The molecule has 4 N–H and O–H groups in total. The fourth-order valence-electron chi connectivity index (χ4n) is 6.99. The largest absolute Gasteiger partial charge is 0.394 e. The summed E-state index contributed by atoms with van der Waals surface area (Å²) >= 11 is 0. The Morgan fingerprint density at radius 1 is 0.479 bits per heavy atom. The number of aliphatic hydroxyl groups is 3. The molecule has 0 unspecified atom stereocenters. The van der Waals surface area contributed by atoms with E-state index < -0.39 is 18.2 Å². The second-order valence-electron chi connectivity index (χ2n) is 15.7. The second-order valence-corrected chi connectivity index (χ2v) is 15.7. The zero-order valence-corrected chi connectivity index (χ0v) is 32.8. The van der Waals surface area contributed by atoms with Crippen LogP contribution in [0.1, 0.15) is 239 Å². The average Bonchev–Trinajstić information content (AvgIpc) is 3.07. The van der Waals surface area contributed by atoms with Gasteiger partial charge in [0.25, 0.3) is 0 Å². The highest BCUT2D eigenvalue weighted by molar-refractivity contribution is 5.76. The standard InChI is InChI=1S/C43H87NO4/c1-4-5-6-7-8-9-10-11-12-13-14-15-16-17-18-22-25-28-31-34-37-42(47)44-40(38-45)43(48)41(46)36-33-30-27-24-21-19-20-23-26-29-32-35-39(2)3/h39-41,43,45-46,48H,4-38H2,1-3H3,(H,44,47)/t40-,41+,43-/m0/s1. The first-order chi connectivity index (χ1) is 23.4. The highest BCUT2D eigenvalue weighted by atomic mass is 16.3. The number of hydrogen-bond donors (Lipinski definition) is 4. The van der Waals surface area contributed by atoms with Gasteiger partial charge in [0.2, 0.25) is 5.91 Å².